The highest BCUT2D eigenvalue weighted by Crippen LogP contribution is 2.29. The molecule has 1 heterocycles. The van der Waals surface area contributed by atoms with Gasteiger partial charge in [-0.15, -0.1) is 0 Å². The average molecular weight is 298 g/mol. The van der Waals surface area contributed by atoms with Gasteiger partial charge in [0.25, 0.3) is 0 Å². The summed E-state index contributed by atoms with van der Waals surface area (Å²) < 4.78 is 17.5. The predicted octanol–water partition coefficient (Wildman–Crippen LogP) is 2.88. The SMILES string of the molecule is CCOc1ccc2nc(NCCCS(C)=O)sc2c1. The van der Waals surface area contributed by atoms with E-state index in [4.69, 9.17) is 4.74 Å². The van der Waals surface area contributed by atoms with Crippen LogP contribution >= 0.6 is 11.3 Å². The van der Waals surface area contributed by atoms with Crippen LogP contribution in [-0.2, 0) is 10.8 Å². The molecule has 0 fully saturated rings. The second kappa shape index (κ2) is 6.86. The van der Waals surface area contributed by atoms with E-state index in [1.807, 2.05) is 25.1 Å². The van der Waals surface area contributed by atoms with Gasteiger partial charge in [-0.2, -0.15) is 0 Å². The van der Waals surface area contributed by atoms with Gasteiger partial charge < -0.3 is 10.1 Å². The van der Waals surface area contributed by atoms with E-state index in [2.05, 4.69) is 10.3 Å². The minimum absolute atomic E-state index is 0.670. The quantitative estimate of drug-likeness (QED) is 0.799. The summed E-state index contributed by atoms with van der Waals surface area (Å²) in [5.74, 6) is 1.61. The summed E-state index contributed by atoms with van der Waals surface area (Å²) in [6, 6.07) is 5.93. The van der Waals surface area contributed by atoms with Gasteiger partial charge in [-0.25, -0.2) is 4.98 Å². The Bertz CT molecular complexity index is 569. The fourth-order valence-corrected chi connectivity index (χ4v) is 3.18. The maximum Gasteiger partial charge on any atom is 0.183 e. The van der Waals surface area contributed by atoms with Crippen LogP contribution in [-0.4, -0.2) is 34.4 Å². The molecule has 4 nitrogen and oxygen atoms in total. The summed E-state index contributed by atoms with van der Waals surface area (Å²) >= 11 is 1.62. The molecule has 0 aliphatic heterocycles. The molecule has 1 atom stereocenters. The lowest BCUT2D eigenvalue weighted by atomic mass is 10.3. The lowest BCUT2D eigenvalue weighted by Gasteiger charge is -2.00. The third kappa shape index (κ3) is 4.18. The first-order valence-electron chi connectivity index (χ1n) is 6.26. The zero-order valence-electron chi connectivity index (χ0n) is 11.1. The van der Waals surface area contributed by atoms with Crippen molar-refractivity contribution in [3.63, 3.8) is 0 Å². The highest BCUT2D eigenvalue weighted by atomic mass is 32.2. The molecule has 0 aliphatic rings. The van der Waals surface area contributed by atoms with Gasteiger partial charge in [0.05, 0.1) is 16.8 Å². The number of rotatable bonds is 7. The number of nitrogens with one attached hydrogen (secondary N) is 1. The van der Waals surface area contributed by atoms with Crippen LogP contribution in [0.3, 0.4) is 0 Å². The molecule has 0 spiro atoms. The Hall–Kier alpha value is -1.14. The summed E-state index contributed by atoms with van der Waals surface area (Å²) in [5.41, 5.74) is 0.982. The minimum Gasteiger partial charge on any atom is -0.494 e. The molecule has 19 heavy (non-hydrogen) atoms. The van der Waals surface area contributed by atoms with Gasteiger partial charge in [0, 0.05) is 29.4 Å². The molecule has 1 aromatic carbocycles. The molecule has 0 bridgehead atoms. The molecule has 0 amide bonds. The van der Waals surface area contributed by atoms with Gasteiger partial charge in [-0.3, -0.25) is 4.21 Å². The average Bonchev–Trinajstić information content (AvgIpc) is 2.77. The number of benzene rings is 1. The number of thiazole rings is 1. The normalized spacial score (nSPS) is 12.5. The van der Waals surface area contributed by atoms with E-state index in [1.54, 1.807) is 17.6 Å². The summed E-state index contributed by atoms with van der Waals surface area (Å²) in [6.07, 6.45) is 2.62. The third-order valence-corrected chi connectivity index (χ3v) is 4.40. The molecule has 1 N–H and O–H groups in total. The number of fused-ring (bicyclic) bond motifs is 1. The number of nitrogens with zero attached hydrogens (tertiary/aromatic N) is 1. The zero-order valence-corrected chi connectivity index (χ0v) is 12.8. The van der Waals surface area contributed by atoms with E-state index >= 15 is 0 Å². The van der Waals surface area contributed by atoms with Crippen molar-refractivity contribution in [1.82, 2.24) is 4.98 Å². The van der Waals surface area contributed by atoms with Crippen LogP contribution in [0.25, 0.3) is 10.2 Å². The molecule has 0 aliphatic carbocycles. The van der Waals surface area contributed by atoms with Gasteiger partial charge in [0.15, 0.2) is 5.13 Å². The third-order valence-electron chi connectivity index (χ3n) is 2.56. The first-order valence-corrected chi connectivity index (χ1v) is 8.80. The summed E-state index contributed by atoms with van der Waals surface area (Å²) in [5, 5.41) is 4.18. The maximum atomic E-state index is 11.0. The Morgan fingerprint density at radius 2 is 2.32 bits per heavy atom. The smallest absolute Gasteiger partial charge is 0.183 e. The first-order chi connectivity index (χ1) is 9.19. The molecular formula is C13H18N2O2S2. The first kappa shape index (κ1) is 14.3. The van der Waals surface area contributed by atoms with E-state index in [0.29, 0.717) is 6.61 Å². The Morgan fingerprint density at radius 3 is 3.05 bits per heavy atom. The monoisotopic (exact) mass is 298 g/mol. The molecule has 2 aromatic rings. The van der Waals surface area contributed by atoms with Gasteiger partial charge in [0.2, 0.25) is 0 Å². The van der Waals surface area contributed by atoms with E-state index < -0.39 is 10.8 Å². The summed E-state index contributed by atoms with van der Waals surface area (Å²) in [7, 11) is -0.717. The molecule has 1 unspecified atom stereocenters. The standard InChI is InChI=1S/C13H18N2O2S2/c1-3-17-10-5-6-11-12(9-10)18-13(15-11)14-7-4-8-19(2)16/h5-6,9H,3-4,7-8H2,1-2H3,(H,14,15). The van der Waals surface area contributed by atoms with Crippen LogP contribution in [0, 0.1) is 0 Å². The Morgan fingerprint density at radius 1 is 1.47 bits per heavy atom. The lowest BCUT2D eigenvalue weighted by molar-refractivity contribution is 0.341. The van der Waals surface area contributed by atoms with Crippen molar-refractivity contribution in [2.75, 3.05) is 30.5 Å². The number of hydrogen-bond donors (Lipinski definition) is 1. The van der Waals surface area contributed by atoms with E-state index in [9.17, 15) is 4.21 Å². The van der Waals surface area contributed by atoms with Crippen molar-refractivity contribution in [2.45, 2.75) is 13.3 Å². The van der Waals surface area contributed by atoms with Crippen molar-refractivity contribution in [3.8, 4) is 5.75 Å². The van der Waals surface area contributed by atoms with Gasteiger partial charge >= 0.3 is 0 Å². The number of anilines is 1. The highest BCUT2D eigenvalue weighted by molar-refractivity contribution is 7.84. The lowest BCUT2D eigenvalue weighted by Crippen LogP contribution is -2.05. The summed E-state index contributed by atoms with van der Waals surface area (Å²) in [6.45, 7) is 3.45. The van der Waals surface area contributed by atoms with Crippen LogP contribution < -0.4 is 10.1 Å². The van der Waals surface area contributed by atoms with E-state index in [0.717, 1.165) is 39.8 Å². The fraction of sp³-hybridized carbons (Fsp3) is 0.462. The Balaban J connectivity index is 1.98. The predicted molar refractivity (Wildman–Crippen MR) is 82.8 cm³/mol. The van der Waals surface area contributed by atoms with E-state index in [1.165, 1.54) is 0 Å². The second-order valence-electron chi connectivity index (χ2n) is 4.14. The topological polar surface area (TPSA) is 51.2 Å². The highest BCUT2D eigenvalue weighted by Gasteiger charge is 2.04. The maximum absolute atomic E-state index is 11.0. The summed E-state index contributed by atoms with van der Waals surface area (Å²) in [4.78, 5) is 4.51. The molecule has 0 radical (unpaired) electrons. The number of ether oxygens (including phenoxy) is 1. The zero-order chi connectivity index (χ0) is 13.7. The van der Waals surface area contributed by atoms with Crippen LogP contribution in [0.1, 0.15) is 13.3 Å². The minimum atomic E-state index is -0.717. The Kier molecular flexibility index (Phi) is 5.15. The molecule has 6 heteroatoms. The van der Waals surface area contributed by atoms with Crippen LogP contribution in [0.2, 0.25) is 0 Å². The molecule has 2 rings (SSSR count). The van der Waals surface area contributed by atoms with Gasteiger partial charge in [0.1, 0.15) is 5.75 Å². The van der Waals surface area contributed by atoms with Crippen molar-refractivity contribution in [2.24, 2.45) is 0 Å². The van der Waals surface area contributed by atoms with Gasteiger partial charge in [-0.1, -0.05) is 11.3 Å². The van der Waals surface area contributed by atoms with Crippen LogP contribution in [0.5, 0.6) is 5.75 Å². The molecule has 1 aromatic heterocycles. The number of hydrogen-bond acceptors (Lipinski definition) is 5. The molecular weight excluding hydrogens is 280 g/mol. The molecule has 0 saturated heterocycles. The van der Waals surface area contributed by atoms with Crippen LogP contribution in [0.4, 0.5) is 5.13 Å². The fourth-order valence-electron chi connectivity index (χ4n) is 1.71. The Labute approximate surface area is 119 Å². The second-order valence-corrected chi connectivity index (χ2v) is 6.72. The van der Waals surface area contributed by atoms with Gasteiger partial charge in [-0.05, 0) is 31.5 Å². The van der Waals surface area contributed by atoms with Crippen molar-refractivity contribution in [1.29, 1.82) is 0 Å². The molecule has 104 valence electrons. The van der Waals surface area contributed by atoms with Crippen molar-refractivity contribution in [3.05, 3.63) is 18.2 Å². The van der Waals surface area contributed by atoms with Crippen LogP contribution in [0.15, 0.2) is 18.2 Å². The number of aromatic nitrogens is 1. The molecule has 0 saturated carbocycles. The van der Waals surface area contributed by atoms with Crippen molar-refractivity contribution < 1.29 is 8.95 Å². The van der Waals surface area contributed by atoms with Crippen molar-refractivity contribution >= 4 is 37.5 Å². The van der Waals surface area contributed by atoms with E-state index in [-0.39, 0.29) is 0 Å². The largest absolute Gasteiger partial charge is 0.494 e.